The Hall–Kier alpha value is -1.28. The third kappa shape index (κ3) is 1.65. The third-order valence-electron chi connectivity index (χ3n) is 2.60. The first-order chi connectivity index (χ1) is 7.13. The average Bonchev–Trinajstić information content (AvgIpc) is 2.22. The summed E-state index contributed by atoms with van der Waals surface area (Å²) in [5, 5.41) is 1.71. The van der Waals surface area contributed by atoms with Crippen LogP contribution in [-0.4, -0.2) is 4.98 Å². The van der Waals surface area contributed by atoms with Crippen molar-refractivity contribution in [1.29, 1.82) is 0 Å². The third-order valence-corrected chi connectivity index (χ3v) is 3.09. The van der Waals surface area contributed by atoms with Crippen LogP contribution >= 0.6 is 11.6 Å². The smallest absolute Gasteiger partial charge is 0.248 e. The van der Waals surface area contributed by atoms with E-state index in [2.05, 4.69) is 4.98 Å². The molecular weight excluding hydrogens is 210 g/mol. The largest absolute Gasteiger partial charge is 0.322 e. The van der Waals surface area contributed by atoms with Crippen molar-refractivity contribution in [3.63, 3.8) is 0 Å². The molecule has 1 heterocycles. The van der Waals surface area contributed by atoms with Crippen LogP contribution in [0.1, 0.15) is 18.1 Å². The number of aryl methyl sites for hydroxylation is 2. The van der Waals surface area contributed by atoms with Gasteiger partial charge >= 0.3 is 0 Å². The van der Waals surface area contributed by atoms with Crippen LogP contribution in [-0.2, 0) is 6.42 Å². The maximum Gasteiger partial charge on any atom is 0.248 e. The molecule has 0 radical (unpaired) electrons. The summed E-state index contributed by atoms with van der Waals surface area (Å²) < 4.78 is 0. The topological polar surface area (TPSA) is 32.9 Å². The van der Waals surface area contributed by atoms with Gasteiger partial charge in [-0.25, -0.2) is 0 Å². The molecule has 0 amide bonds. The Morgan fingerprint density at radius 2 is 2.13 bits per heavy atom. The molecule has 2 aromatic rings. The van der Waals surface area contributed by atoms with Gasteiger partial charge in [-0.1, -0.05) is 24.6 Å². The van der Waals surface area contributed by atoms with Crippen molar-refractivity contribution < 1.29 is 0 Å². The van der Waals surface area contributed by atoms with E-state index >= 15 is 0 Å². The van der Waals surface area contributed by atoms with E-state index in [1.54, 1.807) is 6.07 Å². The van der Waals surface area contributed by atoms with Gasteiger partial charge in [-0.3, -0.25) is 4.79 Å². The maximum absolute atomic E-state index is 11.4. The van der Waals surface area contributed by atoms with Crippen molar-refractivity contribution in [1.82, 2.24) is 4.98 Å². The summed E-state index contributed by atoms with van der Waals surface area (Å²) >= 11 is 6.24. The van der Waals surface area contributed by atoms with Crippen LogP contribution in [0.15, 0.2) is 23.0 Å². The fourth-order valence-corrected chi connectivity index (χ4v) is 2.06. The predicted octanol–water partition coefficient (Wildman–Crippen LogP) is 3.05. The van der Waals surface area contributed by atoms with Gasteiger partial charge in [-0.05, 0) is 30.5 Å². The van der Waals surface area contributed by atoms with Crippen LogP contribution in [0.5, 0.6) is 0 Å². The number of rotatable bonds is 1. The van der Waals surface area contributed by atoms with Gasteiger partial charge in [0.2, 0.25) is 5.56 Å². The molecule has 0 atom stereocenters. The van der Waals surface area contributed by atoms with Gasteiger partial charge < -0.3 is 4.98 Å². The zero-order valence-electron chi connectivity index (χ0n) is 8.73. The highest BCUT2D eigenvalue weighted by Crippen LogP contribution is 2.27. The van der Waals surface area contributed by atoms with Crippen LogP contribution in [0.25, 0.3) is 10.9 Å². The fraction of sp³-hybridized carbons (Fsp3) is 0.250. The second-order valence-corrected chi connectivity index (χ2v) is 4.01. The van der Waals surface area contributed by atoms with E-state index in [4.69, 9.17) is 11.6 Å². The minimum Gasteiger partial charge on any atom is -0.322 e. The van der Waals surface area contributed by atoms with Crippen LogP contribution < -0.4 is 5.56 Å². The first kappa shape index (κ1) is 10.2. The zero-order chi connectivity index (χ0) is 11.0. The lowest BCUT2D eigenvalue weighted by Crippen LogP contribution is -2.06. The lowest BCUT2D eigenvalue weighted by Gasteiger charge is -2.07. The molecule has 1 N–H and O–H groups in total. The van der Waals surface area contributed by atoms with Gasteiger partial charge in [0.25, 0.3) is 0 Å². The molecule has 0 aliphatic carbocycles. The zero-order valence-corrected chi connectivity index (χ0v) is 9.48. The summed E-state index contributed by atoms with van der Waals surface area (Å²) in [7, 11) is 0. The van der Waals surface area contributed by atoms with Gasteiger partial charge in [0, 0.05) is 11.5 Å². The van der Waals surface area contributed by atoms with Crippen LogP contribution in [0.4, 0.5) is 0 Å². The summed E-state index contributed by atoms with van der Waals surface area (Å²) in [4.78, 5) is 14.2. The van der Waals surface area contributed by atoms with Gasteiger partial charge in [0.1, 0.15) is 0 Å². The van der Waals surface area contributed by atoms with E-state index in [-0.39, 0.29) is 5.56 Å². The minimum atomic E-state index is -0.0701. The number of nitrogens with one attached hydrogen (secondary N) is 1. The van der Waals surface area contributed by atoms with Crippen molar-refractivity contribution in [2.45, 2.75) is 20.3 Å². The molecule has 0 spiro atoms. The number of fused-ring (bicyclic) bond motifs is 1. The number of aromatic amines is 1. The molecule has 2 rings (SSSR count). The standard InChI is InChI=1S/C12H12ClNO/c1-3-8-6-10(15)14-9-5-4-7(2)12(13)11(8)9/h4-6H,3H2,1-2H3,(H,14,15). The highest BCUT2D eigenvalue weighted by atomic mass is 35.5. The second kappa shape index (κ2) is 3.70. The molecule has 0 saturated carbocycles. The molecule has 78 valence electrons. The predicted molar refractivity (Wildman–Crippen MR) is 63.7 cm³/mol. The molecule has 1 aromatic heterocycles. The van der Waals surface area contributed by atoms with E-state index in [0.29, 0.717) is 0 Å². The molecule has 0 aliphatic rings. The lowest BCUT2D eigenvalue weighted by atomic mass is 10.0. The Kier molecular flexibility index (Phi) is 2.53. The molecule has 2 nitrogen and oxygen atoms in total. The minimum absolute atomic E-state index is 0.0701. The van der Waals surface area contributed by atoms with Gasteiger partial charge in [0.05, 0.1) is 10.5 Å². The lowest BCUT2D eigenvalue weighted by molar-refractivity contribution is 1.13. The van der Waals surface area contributed by atoms with E-state index < -0.39 is 0 Å². The Labute approximate surface area is 92.9 Å². The van der Waals surface area contributed by atoms with E-state index in [1.807, 2.05) is 26.0 Å². The Bertz CT molecular complexity index is 572. The molecule has 0 saturated heterocycles. The molecule has 0 fully saturated rings. The summed E-state index contributed by atoms with van der Waals surface area (Å²) in [6, 6.07) is 5.44. The Balaban J connectivity index is 2.98. The number of pyridine rings is 1. The Morgan fingerprint density at radius 1 is 1.40 bits per heavy atom. The van der Waals surface area contributed by atoms with Crippen molar-refractivity contribution in [3.8, 4) is 0 Å². The van der Waals surface area contributed by atoms with Gasteiger partial charge in [0.15, 0.2) is 0 Å². The number of aromatic nitrogens is 1. The normalized spacial score (nSPS) is 10.9. The molecule has 3 heteroatoms. The summed E-state index contributed by atoms with van der Waals surface area (Å²) in [5.74, 6) is 0. The van der Waals surface area contributed by atoms with Crippen LogP contribution in [0, 0.1) is 6.92 Å². The highest BCUT2D eigenvalue weighted by molar-refractivity contribution is 6.36. The first-order valence-electron chi connectivity index (χ1n) is 4.94. The highest BCUT2D eigenvalue weighted by Gasteiger charge is 2.07. The maximum atomic E-state index is 11.4. The SMILES string of the molecule is CCc1cc(=O)[nH]c2ccc(C)c(Cl)c12. The molecule has 0 aliphatic heterocycles. The Morgan fingerprint density at radius 3 is 2.80 bits per heavy atom. The number of hydrogen-bond donors (Lipinski definition) is 1. The monoisotopic (exact) mass is 221 g/mol. The second-order valence-electron chi connectivity index (χ2n) is 3.63. The molecular formula is C12H12ClNO. The number of H-pyrrole nitrogens is 1. The van der Waals surface area contributed by atoms with Crippen molar-refractivity contribution in [2.24, 2.45) is 0 Å². The van der Waals surface area contributed by atoms with Crippen LogP contribution in [0.2, 0.25) is 5.02 Å². The number of halogens is 1. The van der Waals surface area contributed by atoms with Crippen molar-refractivity contribution in [2.75, 3.05) is 0 Å². The molecule has 1 aromatic carbocycles. The number of benzene rings is 1. The van der Waals surface area contributed by atoms with E-state index in [9.17, 15) is 4.79 Å². The molecule has 0 unspecified atom stereocenters. The summed E-state index contributed by atoms with van der Waals surface area (Å²) in [6.45, 7) is 3.99. The van der Waals surface area contributed by atoms with Crippen LogP contribution in [0.3, 0.4) is 0 Å². The fourth-order valence-electron chi connectivity index (χ4n) is 1.78. The van der Waals surface area contributed by atoms with Crippen molar-refractivity contribution >= 4 is 22.5 Å². The van der Waals surface area contributed by atoms with E-state index in [0.717, 1.165) is 33.5 Å². The van der Waals surface area contributed by atoms with E-state index in [1.165, 1.54) is 0 Å². The van der Waals surface area contributed by atoms with Crippen molar-refractivity contribution in [3.05, 3.63) is 44.7 Å². The van der Waals surface area contributed by atoms with Gasteiger partial charge in [-0.2, -0.15) is 0 Å². The van der Waals surface area contributed by atoms with Gasteiger partial charge in [-0.15, -0.1) is 0 Å². The molecule has 0 bridgehead atoms. The molecule has 15 heavy (non-hydrogen) atoms. The average molecular weight is 222 g/mol. The number of hydrogen-bond acceptors (Lipinski definition) is 1. The quantitative estimate of drug-likeness (QED) is 0.789. The summed E-state index contributed by atoms with van der Waals surface area (Å²) in [6.07, 6.45) is 0.809. The first-order valence-corrected chi connectivity index (χ1v) is 5.32. The summed E-state index contributed by atoms with van der Waals surface area (Å²) in [5.41, 5.74) is 2.78.